The first kappa shape index (κ1) is 13.4. The Hall–Kier alpha value is -2.24. The maximum Gasteiger partial charge on any atom is 0.254 e. The molecule has 0 bridgehead atoms. The first-order valence-corrected chi connectivity index (χ1v) is 7.73. The van der Waals surface area contributed by atoms with Gasteiger partial charge in [-0.1, -0.05) is 0 Å². The molecule has 1 aromatic rings. The van der Waals surface area contributed by atoms with E-state index in [1.807, 2.05) is 0 Å². The minimum Gasteiger partial charge on any atom is -0.454 e. The zero-order valence-electron chi connectivity index (χ0n) is 12.2. The molecule has 3 aliphatic rings. The normalized spacial score (nSPS) is 22.7. The first-order valence-electron chi connectivity index (χ1n) is 7.73. The van der Waals surface area contributed by atoms with Gasteiger partial charge in [-0.2, -0.15) is 0 Å². The number of amides is 2. The molecule has 1 aliphatic carbocycles. The molecule has 0 radical (unpaired) electrons. The third kappa shape index (κ3) is 2.38. The van der Waals surface area contributed by atoms with Crippen LogP contribution in [0.25, 0.3) is 0 Å². The Morgan fingerprint density at radius 3 is 2.77 bits per heavy atom. The van der Waals surface area contributed by atoms with E-state index in [1.54, 1.807) is 23.1 Å². The maximum atomic E-state index is 12.7. The molecule has 1 saturated heterocycles. The summed E-state index contributed by atoms with van der Waals surface area (Å²) in [6.07, 6.45) is 3.69. The Labute approximate surface area is 128 Å². The summed E-state index contributed by atoms with van der Waals surface area (Å²) in [4.78, 5) is 26.7. The van der Waals surface area contributed by atoms with Crippen molar-refractivity contribution in [3.05, 3.63) is 23.8 Å². The van der Waals surface area contributed by atoms with Crippen LogP contribution in [0.2, 0.25) is 0 Å². The summed E-state index contributed by atoms with van der Waals surface area (Å²) in [5.41, 5.74) is 0.537. The third-order valence-electron chi connectivity index (χ3n) is 4.36. The van der Waals surface area contributed by atoms with Gasteiger partial charge in [0, 0.05) is 18.2 Å². The fourth-order valence-corrected chi connectivity index (χ4v) is 3.00. The minimum absolute atomic E-state index is 0.0194. The Balaban J connectivity index is 1.52. The standard InChI is InChI=1S/C16H18N2O4/c19-15(17-11-4-5-11)12-2-1-7-18(12)16(20)10-3-6-13-14(8-10)22-9-21-13/h3,6,8,11-12H,1-2,4-5,7,9H2,(H,17,19)/t12-/m0/s1. The second-order valence-electron chi connectivity index (χ2n) is 6.01. The summed E-state index contributed by atoms with van der Waals surface area (Å²) >= 11 is 0. The van der Waals surface area contributed by atoms with Gasteiger partial charge in [-0.25, -0.2) is 0 Å². The number of hydrogen-bond donors (Lipinski definition) is 1. The number of fused-ring (bicyclic) bond motifs is 1. The van der Waals surface area contributed by atoms with E-state index in [1.165, 1.54) is 0 Å². The van der Waals surface area contributed by atoms with Gasteiger partial charge in [-0.05, 0) is 43.9 Å². The first-order chi connectivity index (χ1) is 10.7. The molecule has 2 aliphatic heterocycles. The topological polar surface area (TPSA) is 67.9 Å². The Morgan fingerprint density at radius 2 is 1.95 bits per heavy atom. The number of likely N-dealkylation sites (tertiary alicyclic amines) is 1. The van der Waals surface area contributed by atoms with Crippen molar-refractivity contribution >= 4 is 11.8 Å². The van der Waals surface area contributed by atoms with Crippen LogP contribution in [0.5, 0.6) is 11.5 Å². The van der Waals surface area contributed by atoms with Gasteiger partial charge >= 0.3 is 0 Å². The number of rotatable bonds is 3. The molecule has 0 aromatic heterocycles. The molecule has 6 heteroatoms. The van der Waals surface area contributed by atoms with Crippen molar-refractivity contribution in [1.29, 1.82) is 0 Å². The molecule has 116 valence electrons. The average molecular weight is 302 g/mol. The molecule has 2 heterocycles. The number of nitrogens with zero attached hydrogens (tertiary/aromatic N) is 1. The van der Waals surface area contributed by atoms with E-state index in [9.17, 15) is 9.59 Å². The quantitative estimate of drug-likeness (QED) is 0.914. The molecule has 4 rings (SSSR count). The van der Waals surface area contributed by atoms with E-state index in [2.05, 4.69) is 5.32 Å². The number of nitrogens with one attached hydrogen (secondary N) is 1. The number of hydrogen-bond acceptors (Lipinski definition) is 4. The summed E-state index contributed by atoms with van der Waals surface area (Å²) in [6.45, 7) is 0.805. The van der Waals surface area contributed by atoms with Crippen molar-refractivity contribution in [2.75, 3.05) is 13.3 Å². The van der Waals surface area contributed by atoms with Crippen molar-refractivity contribution in [3.8, 4) is 11.5 Å². The number of carbonyl (C=O) groups excluding carboxylic acids is 2. The molecule has 1 N–H and O–H groups in total. The number of carbonyl (C=O) groups is 2. The van der Waals surface area contributed by atoms with Gasteiger partial charge in [-0.3, -0.25) is 9.59 Å². The van der Waals surface area contributed by atoms with Crippen LogP contribution in [-0.2, 0) is 4.79 Å². The Bertz CT molecular complexity index is 627. The predicted octanol–water partition coefficient (Wildman–Crippen LogP) is 1.30. The maximum absolute atomic E-state index is 12.7. The summed E-state index contributed by atoms with van der Waals surface area (Å²) in [7, 11) is 0. The lowest BCUT2D eigenvalue weighted by Crippen LogP contribution is -2.46. The van der Waals surface area contributed by atoms with Crippen LogP contribution in [0.3, 0.4) is 0 Å². The summed E-state index contributed by atoms with van der Waals surface area (Å²) in [5.74, 6) is 1.10. The average Bonchev–Trinajstić information content (AvgIpc) is 3.05. The number of ether oxygens (including phenoxy) is 2. The zero-order valence-corrected chi connectivity index (χ0v) is 12.2. The fourth-order valence-electron chi connectivity index (χ4n) is 3.00. The van der Waals surface area contributed by atoms with Crippen molar-refractivity contribution in [3.63, 3.8) is 0 Å². The van der Waals surface area contributed by atoms with Gasteiger partial charge < -0.3 is 19.7 Å². The van der Waals surface area contributed by atoms with Crippen molar-refractivity contribution in [2.24, 2.45) is 0 Å². The molecule has 2 fully saturated rings. The molecule has 22 heavy (non-hydrogen) atoms. The second kappa shape index (κ2) is 5.19. The van der Waals surface area contributed by atoms with Crippen LogP contribution in [0, 0.1) is 0 Å². The van der Waals surface area contributed by atoms with Crippen LogP contribution in [-0.4, -0.2) is 42.1 Å². The number of benzene rings is 1. The van der Waals surface area contributed by atoms with Gasteiger partial charge in [0.1, 0.15) is 6.04 Å². The molecule has 6 nitrogen and oxygen atoms in total. The zero-order chi connectivity index (χ0) is 15.1. The molecule has 0 spiro atoms. The highest BCUT2D eigenvalue weighted by Crippen LogP contribution is 2.33. The second-order valence-corrected chi connectivity index (χ2v) is 6.01. The SMILES string of the molecule is O=C(NC1CC1)[C@@H]1CCCN1C(=O)c1ccc2c(c1)OCO2. The smallest absolute Gasteiger partial charge is 0.254 e. The van der Waals surface area contributed by atoms with Gasteiger partial charge in [0.05, 0.1) is 0 Å². The Kier molecular flexibility index (Phi) is 3.17. The van der Waals surface area contributed by atoms with E-state index in [-0.39, 0.29) is 24.6 Å². The van der Waals surface area contributed by atoms with E-state index < -0.39 is 0 Å². The lowest BCUT2D eigenvalue weighted by atomic mass is 10.1. The predicted molar refractivity (Wildman–Crippen MR) is 77.8 cm³/mol. The summed E-state index contributed by atoms with van der Waals surface area (Å²) < 4.78 is 10.6. The van der Waals surface area contributed by atoms with Gasteiger partial charge in [0.25, 0.3) is 5.91 Å². The van der Waals surface area contributed by atoms with Crippen molar-refractivity contribution in [2.45, 2.75) is 37.8 Å². The fraction of sp³-hybridized carbons (Fsp3) is 0.500. The van der Waals surface area contributed by atoms with E-state index >= 15 is 0 Å². The summed E-state index contributed by atoms with van der Waals surface area (Å²) in [5, 5.41) is 3.00. The molecule has 1 saturated carbocycles. The molecule has 1 aromatic carbocycles. The molecular formula is C16H18N2O4. The van der Waals surface area contributed by atoms with Crippen LogP contribution >= 0.6 is 0 Å². The highest BCUT2D eigenvalue weighted by atomic mass is 16.7. The van der Waals surface area contributed by atoms with Crippen LogP contribution in [0.1, 0.15) is 36.0 Å². The van der Waals surface area contributed by atoms with E-state index in [4.69, 9.17) is 9.47 Å². The molecular weight excluding hydrogens is 284 g/mol. The van der Waals surface area contributed by atoms with Crippen molar-refractivity contribution < 1.29 is 19.1 Å². The molecule has 2 amide bonds. The largest absolute Gasteiger partial charge is 0.454 e. The van der Waals surface area contributed by atoms with Gasteiger partial charge in [-0.15, -0.1) is 0 Å². The van der Waals surface area contributed by atoms with Crippen LogP contribution < -0.4 is 14.8 Å². The lowest BCUT2D eigenvalue weighted by Gasteiger charge is -2.24. The van der Waals surface area contributed by atoms with E-state index in [0.717, 1.165) is 25.7 Å². The van der Waals surface area contributed by atoms with Crippen LogP contribution in [0.15, 0.2) is 18.2 Å². The Morgan fingerprint density at radius 1 is 1.14 bits per heavy atom. The van der Waals surface area contributed by atoms with E-state index in [0.29, 0.717) is 29.6 Å². The van der Waals surface area contributed by atoms with Gasteiger partial charge in [0.15, 0.2) is 11.5 Å². The molecule has 1 atom stereocenters. The summed E-state index contributed by atoms with van der Waals surface area (Å²) in [6, 6.07) is 5.13. The third-order valence-corrected chi connectivity index (χ3v) is 4.36. The van der Waals surface area contributed by atoms with Gasteiger partial charge in [0.2, 0.25) is 12.7 Å². The minimum atomic E-state index is -0.349. The monoisotopic (exact) mass is 302 g/mol. The molecule has 0 unspecified atom stereocenters. The lowest BCUT2D eigenvalue weighted by molar-refractivity contribution is -0.125. The van der Waals surface area contributed by atoms with Crippen molar-refractivity contribution in [1.82, 2.24) is 10.2 Å². The highest BCUT2D eigenvalue weighted by Gasteiger charge is 2.37. The highest BCUT2D eigenvalue weighted by molar-refractivity contribution is 5.98. The van der Waals surface area contributed by atoms with Crippen LogP contribution in [0.4, 0.5) is 0 Å².